The predicted molar refractivity (Wildman–Crippen MR) is 72.3 cm³/mol. The van der Waals surface area contributed by atoms with E-state index < -0.39 is 0 Å². The molecule has 1 atom stereocenters. The summed E-state index contributed by atoms with van der Waals surface area (Å²) in [6.45, 7) is 5.57. The Morgan fingerprint density at radius 1 is 1.18 bits per heavy atom. The zero-order chi connectivity index (χ0) is 12.0. The standard InChI is InChI=1S/C15H29NO/c1-2-16-13-15(9-4-3-5-10-15)11-8-14-7-6-12-17-14/h14,16H,2-13H2,1H3. The fourth-order valence-corrected chi connectivity index (χ4v) is 3.55. The summed E-state index contributed by atoms with van der Waals surface area (Å²) < 4.78 is 5.77. The minimum atomic E-state index is 0.579. The lowest BCUT2D eigenvalue weighted by Gasteiger charge is -2.38. The Hall–Kier alpha value is -0.0800. The van der Waals surface area contributed by atoms with Gasteiger partial charge in [-0.2, -0.15) is 0 Å². The maximum atomic E-state index is 5.77. The average Bonchev–Trinajstić information content (AvgIpc) is 2.89. The highest BCUT2D eigenvalue weighted by atomic mass is 16.5. The third kappa shape index (κ3) is 3.96. The summed E-state index contributed by atoms with van der Waals surface area (Å²) in [5, 5.41) is 3.59. The summed E-state index contributed by atoms with van der Waals surface area (Å²) in [4.78, 5) is 0. The van der Waals surface area contributed by atoms with Crippen molar-refractivity contribution in [3.63, 3.8) is 0 Å². The Morgan fingerprint density at radius 3 is 2.65 bits per heavy atom. The predicted octanol–water partition coefficient (Wildman–Crippen LogP) is 3.51. The minimum absolute atomic E-state index is 0.579. The van der Waals surface area contributed by atoms with Crippen molar-refractivity contribution >= 4 is 0 Å². The van der Waals surface area contributed by atoms with Crippen molar-refractivity contribution in [3.8, 4) is 0 Å². The van der Waals surface area contributed by atoms with E-state index in [9.17, 15) is 0 Å². The molecule has 100 valence electrons. The summed E-state index contributed by atoms with van der Waals surface area (Å²) in [5.74, 6) is 0. The van der Waals surface area contributed by atoms with Crippen LogP contribution in [-0.4, -0.2) is 25.8 Å². The molecule has 2 nitrogen and oxygen atoms in total. The maximum absolute atomic E-state index is 5.77. The van der Waals surface area contributed by atoms with Gasteiger partial charge in [-0.15, -0.1) is 0 Å². The van der Waals surface area contributed by atoms with Gasteiger partial charge in [0.1, 0.15) is 0 Å². The van der Waals surface area contributed by atoms with E-state index in [0.29, 0.717) is 11.5 Å². The van der Waals surface area contributed by atoms with Gasteiger partial charge in [-0.3, -0.25) is 0 Å². The van der Waals surface area contributed by atoms with Crippen molar-refractivity contribution in [2.45, 2.75) is 70.8 Å². The first kappa shape index (κ1) is 13.4. The van der Waals surface area contributed by atoms with Gasteiger partial charge in [0.05, 0.1) is 6.10 Å². The summed E-state index contributed by atoms with van der Waals surface area (Å²) in [6.07, 6.45) is 13.1. The van der Waals surface area contributed by atoms with Gasteiger partial charge in [0.2, 0.25) is 0 Å². The van der Waals surface area contributed by atoms with E-state index in [0.717, 1.165) is 13.2 Å². The van der Waals surface area contributed by atoms with Crippen LogP contribution in [0.2, 0.25) is 0 Å². The van der Waals surface area contributed by atoms with E-state index in [1.807, 2.05) is 0 Å². The van der Waals surface area contributed by atoms with Crippen LogP contribution < -0.4 is 5.32 Å². The fourth-order valence-electron chi connectivity index (χ4n) is 3.55. The van der Waals surface area contributed by atoms with Crippen molar-refractivity contribution in [2.75, 3.05) is 19.7 Å². The van der Waals surface area contributed by atoms with Crippen molar-refractivity contribution in [1.82, 2.24) is 5.32 Å². The molecule has 0 bridgehead atoms. The lowest BCUT2D eigenvalue weighted by molar-refractivity contribution is 0.0763. The number of rotatable bonds is 6. The van der Waals surface area contributed by atoms with Crippen molar-refractivity contribution < 1.29 is 4.74 Å². The van der Waals surface area contributed by atoms with E-state index in [2.05, 4.69) is 12.2 Å². The van der Waals surface area contributed by atoms with Crippen molar-refractivity contribution in [3.05, 3.63) is 0 Å². The quantitative estimate of drug-likeness (QED) is 0.766. The topological polar surface area (TPSA) is 21.3 Å². The molecule has 0 amide bonds. The van der Waals surface area contributed by atoms with Crippen molar-refractivity contribution in [2.24, 2.45) is 5.41 Å². The molecule has 1 saturated carbocycles. The zero-order valence-corrected chi connectivity index (χ0v) is 11.5. The van der Waals surface area contributed by atoms with Crippen LogP contribution in [0.4, 0.5) is 0 Å². The molecule has 2 heteroatoms. The normalized spacial score (nSPS) is 28.4. The van der Waals surface area contributed by atoms with Gasteiger partial charge in [0, 0.05) is 13.2 Å². The molecule has 1 saturated heterocycles. The van der Waals surface area contributed by atoms with Crippen LogP contribution in [0.1, 0.15) is 64.7 Å². The summed E-state index contributed by atoms with van der Waals surface area (Å²) in [7, 11) is 0. The molecule has 0 spiro atoms. The third-order valence-corrected chi connectivity index (χ3v) is 4.68. The molecule has 17 heavy (non-hydrogen) atoms. The Labute approximate surface area is 107 Å². The number of hydrogen-bond acceptors (Lipinski definition) is 2. The largest absolute Gasteiger partial charge is 0.378 e. The summed E-state index contributed by atoms with van der Waals surface area (Å²) in [5.41, 5.74) is 0.597. The van der Waals surface area contributed by atoms with Crippen LogP contribution in [0.5, 0.6) is 0 Å². The van der Waals surface area contributed by atoms with E-state index >= 15 is 0 Å². The molecule has 2 rings (SSSR count). The first-order valence-corrected chi connectivity index (χ1v) is 7.67. The molecule has 1 unspecified atom stereocenters. The second kappa shape index (κ2) is 6.75. The Kier molecular flexibility index (Phi) is 5.30. The number of nitrogens with one attached hydrogen (secondary N) is 1. The van der Waals surface area contributed by atoms with Crippen LogP contribution in [-0.2, 0) is 4.74 Å². The van der Waals surface area contributed by atoms with E-state index in [-0.39, 0.29) is 0 Å². The molecular formula is C15H29NO. The first-order valence-electron chi connectivity index (χ1n) is 7.67. The molecule has 2 aliphatic rings. The Balaban J connectivity index is 1.80. The summed E-state index contributed by atoms with van der Waals surface area (Å²) in [6, 6.07) is 0. The molecule has 1 heterocycles. The monoisotopic (exact) mass is 239 g/mol. The van der Waals surface area contributed by atoms with Gasteiger partial charge in [-0.1, -0.05) is 26.2 Å². The van der Waals surface area contributed by atoms with Crippen LogP contribution >= 0.6 is 0 Å². The minimum Gasteiger partial charge on any atom is -0.378 e. The molecule has 1 N–H and O–H groups in total. The second-order valence-electron chi connectivity index (χ2n) is 6.01. The molecule has 2 fully saturated rings. The highest BCUT2D eigenvalue weighted by Crippen LogP contribution is 2.40. The van der Waals surface area contributed by atoms with E-state index in [1.54, 1.807) is 0 Å². The van der Waals surface area contributed by atoms with Gasteiger partial charge in [-0.05, 0) is 50.5 Å². The lowest BCUT2D eigenvalue weighted by atomic mass is 9.70. The van der Waals surface area contributed by atoms with Crippen LogP contribution in [0.3, 0.4) is 0 Å². The molecular weight excluding hydrogens is 210 g/mol. The van der Waals surface area contributed by atoms with E-state index in [4.69, 9.17) is 4.74 Å². The molecule has 1 aliphatic carbocycles. The SMILES string of the molecule is CCNCC1(CCC2CCCO2)CCCCC1. The fraction of sp³-hybridized carbons (Fsp3) is 1.00. The summed E-state index contributed by atoms with van der Waals surface area (Å²) >= 11 is 0. The molecule has 0 aromatic carbocycles. The van der Waals surface area contributed by atoms with Crippen molar-refractivity contribution in [1.29, 1.82) is 0 Å². The van der Waals surface area contributed by atoms with Gasteiger partial charge in [0.15, 0.2) is 0 Å². The van der Waals surface area contributed by atoms with Gasteiger partial charge in [0.25, 0.3) is 0 Å². The van der Waals surface area contributed by atoms with Gasteiger partial charge < -0.3 is 10.1 Å². The third-order valence-electron chi connectivity index (χ3n) is 4.68. The van der Waals surface area contributed by atoms with Crippen LogP contribution in [0, 0.1) is 5.41 Å². The second-order valence-corrected chi connectivity index (χ2v) is 6.01. The zero-order valence-electron chi connectivity index (χ0n) is 11.5. The molecule has 1 aliphatic heterocycles. The smallest absolute Gasteiger partial charge is 0.0576 e. The van der Waals surface area contributed by atoms with Gasteiger partial charge >= 0.3 is 0 Å². The lowest BCUT2D eigenvalue weighted by Crippen LogP contribution is -2.36. The maximum Gasteiger partial charge on any atom is 0.0576 e. The van der Waals surface area contributed by atoms with Crippen LogP contribution in [0.25, 0.3) is 0 Å². The van der Waals surface area contributed by atoms with E-state index in [1.165, 1.54) is 64.3 Å². The molecule has 0 radical (unpaired) electrons. The number of hydrogen-bond donors (Lipinski definition) is 1. The Morgan fingerprint density at radius 2 is 2.00 bits per heavy atom. The highest BCUT2D eigenvalue weighted by molar-refractivity contribution is 4.86. The molecule has 0 aromatic rings. The number of ether oxygens (including phenoxy) is 1. The molecule has 0 aromatic heterocycles. The Bertz CT molecular complexity index is 205. The average molecular weight is 239 g/mol. The first-order chi connectivity index (χ1) is 8.35. The highest BCUT2D eigenvalue weighted by Gasteiger charge is 2.32. The van der Waals surface area contributed by atoms with Gasteiger partial charge in [-0.25, -0.2) is 0 Å². The van der Waals surface area contributed by atoms with Crippen LogP contribution in [0.15, 0.2) is 0 Å².